The number of nitrogens with zero attached hydrogens (tertiary/aromatic N) is 3. The molecule has 0 saturated carbocycles. The molecule has 1 aromatic carbocycles. The van der Waals surface area contributed by atoms with Gasteiger partial charge in [-0.3, -0.25) is 4.67 Å². The Bertz CT molecular complexity index is 1210. The number of para-hydroxylation sites is 1. The molecule has 0 radical (unpaired) electrons. The van der Waals surface area contributed by atoms with Gasteiger partial charge in [-0.15, -0.1) is 11.3 Å². The summed E-state index contributed by atoms with van der Waals surface area (Å²) in [6.45, 7) is 7.35. The van der Waals surface area contributed by atoms with Gasteiger partial charge in [0.1, 0.15) is 9.88 Å². The van der Waals surface area contributed by atoms with Crippen molar-refractivity contribution in [2.24, 2.45) is 4.99 Å². The van der Waals surface area contributed by atoms with E-state index in [1.54, 1.807) is 0 Å². The number of benzene rings is 1. The van der Waals surface area contributed by atoms with Gasteiger partial charge >= 0.3 is 5.97 Å². The maximum absolute atomic E-state index is 12.3. The first kappa shape index (κ1) is 22.0. The van der Waals surface area contributed by atoms with Gasteiger partial charge in [0.25, 0.3) is 0 Å². The van der Waals surface area contributed by atoms with Crippen molar-refractivity contribution in [2.45, 2.75) is 19.3 Å². The molecule has 0 bridgehead atoms. The quantitative estimate of drug-likeness (QED) is 0.467. The minimum absolute atomic E-state index is 0.220. The Morgan fingerprint density at radius 1 is 1.28 bits per heavy atom. The van der Waals surface area contributed by atoms with E-state index in [0.29, 0.717) is 18.1 Å². The molecule has 0 amide bonds. The van der Waals surface area contributed by atoms with E-state index in [2.05, 4.69) is 54.7 Å². The van der Waals surface area contributed by atoms with E-state index in [4.69, 9.17) is 26.3 Å². The van der Waals surface area contributed by atoms with Crippen molar-refractivity contribution < 1.29 is 14.3 Å². The Kier molecular flexibility index (Phi) is 5.42. The Morgan fingerprint density at radius 3 is 2.69 bits per heavy atom. The number of aliphatic imine (C=N–C) groups is 1. The Morgan fingerprint density at radius 2 is 2.00 bits per heavy atom. The summed E-state index contributed by atoms with van der Waals surface area (Å²) in [5, 5.41) is 2.91. The van der Waals surface area contributed by atoms with Crippen LogP contribution in [0.1, 0.15) is 29.1 Å². The van der Waals surface area contributed by atoms with Crippen LogP contribution in [0.3, 0.4) is 0 Å². The van der Waals surface area contributed by atoms with Crippen molar-refractivity contribution in [1.82, 2.24) is 4.67 Å². The normalized spacial score (nSPS) is 26.7. The molecule has 9 heteroatoms. The second kappa shape index (κ2) is 7.89. The van der Waals surface area contributed by atoms with E-state index in [0.717, 1.165) is 28.7 Å². The highest BCUT2D eigenvalue weighted by Crippen LogP contribution is 2.64. The fraction of sp³-hybridized carbons (Fsp3) is 0.391. The van der Waals surface area contributed by atoms with E-state index in [1.807, 2.05) is 12.3 Å². The fourth-order valence-corrected chi connectivity index (χ4v) is 11.1. The van der Waals surface area contributed by atoms with Crippen LogP contribution in [0, 0.1) is 0 Å². The molecule has 6 nitrogen and oxygen atoms in total. The fourth-order valence-electron chi connectivity index (χ4n) is 5.01. The minimum Gasteiger partial charge on any atom is -0.465 e. The largest absolute Gasteiger partial charge is 0.465 e. The Hall–Kier alpha value is -1.83. The maximum Gasteiger partial charge on any atom is 0.348 e. The van der Waals surface area contributed by atoms with Crippen LogP contribution < -0.4 is 10.2 Å². The molecule has 1 saturated heterocycles. The number of methoxy groups -OCH3 is 1. The van der Waals surface area contributed by atoms with E-state index in [-0.39, 0.29) is 11.4 Å². The second-order valence-electron chi connectivity index (χ2n) is 8.63. The summed E-state index contributed by atoms with van der Waals surface area (Å²) in [4.78, 5) is 20.0. The lowest BCUT2D eigenvalue weighted by Crippen LogP contribution is -2.39. The van der Waals surface area contributed by atoms with E-state index in [9.17, 15) is 4.79 Å². The van der Waals surface area contributed by atoms with Crippen molar-refractivity contribution in [2.75, 3.05) is 45.4 Å². The lowest BCUT2D eigenvalue weighted by atomic mass is 9.84. The molecule has 1 atom stereocenters. The third-order valence-electron chi connectivity index (χ3n) is 6.53. The number of hydrogen-bond donors (Lipinski definition) is 0. The average Bonchev–Trinajstić information content (AvgIpc) is 3.33. The van der Waals surface area contributed by atoms with Crippen LogP contribution in [0.4, 0.5) is 10.7 Å². The molecule has 0 N–H and O–H groups in total. The Balaban J connectivity index is 1.77. The summed E-state index contributed by atoms with van der Waals surface area (Å²) in [5.41, 5.74) is 3.45. The number of hydrogen-bond acceptors (Lipinski definition) is 7. The van der Waals surface area contributed by atoms with Crippen LogP contribution in [0.15, 0.2) is 46.3 Å². The number of esters is 1. The highest BCUT2D eigenvalue weighted by Gasteiger charge is 2.46. The highest BCUT2D eigenvalue weighted by molar-refractivity contribution is 8.19. The number of rotatable bonds is 2. The molecule has 2 aromatic rings. The zero-order valence-corrected chi connectivity index (χ0v) is 21.2. The molecule has 3 aliphatic heterocycles. The standard InChI is InChI=1S/C23H26N3O3PS2/c1-23(2)15-7-5-6-8-16(15)25(3)20(23)18-14-24-21-17(13-19(32-21)22(27)28-4)30(18,31)26-9-11-29-12-10-26/h5-8,13-14H,9-12H2,1-4H3. The summed E-state index contributed by atoms with van der Waals surface area (Å²) in [6, 6.07) is 10.5. The highest BCUT2D eigenvalue weighted by atomic mass is 32.4. The number of likely N-dealkylation sites (N-methyl/N-ethyl adjacent to an activating group) is 1. The molecule has 1 fully saturated rings. The zero-order chi connectivity index (χ0) is 22.7. The molecular weight excluding hydrogens is 461 g/mol. The minimum atomic E-state index is -2.44. The summed E-state index contributed by atoms with van der Waals surface area (Å²) in [6.07, 6.45) is -0.467. The summed E-state index contributed by atoms with van der Waals surface area (Å²) in [7, 11) is 3.52. The lowest BCUT2D eigenvalue weighted by Gasteiger charge is -2.42. The van der Waals surface area contributed by atoms with Crippen LogP contribution in [0.2, 0.25) is 0 Å². The second-order valence-corrected chi connectivity index (χ2v) is 13.9. The van der Waals surface area contributed by atoms with E-state index < -0.39 is 6.19 Å². The number of carbonyl (C=O) groups is 1. The zero-order valence-electron chi connectivity index (χ0n) is 18.6. The van der Waals surface area contributed by atoms with Crippen molar-refractivity contribution in [3.05, 3.63) is 51.8 Å². The monoisotopic (exact) mass is 487 g/mol. The van der Waals surface area contributed by atoms with E-state index in [1.165, 1.54) is 35.4 Å². The molecule has 5 rings (SSSR count). The number of morpholine rings is 1. The number of anilines is 1. The smallest absolute Gasteiger partial charge is 0.348 e. The van der Waals surface area contributed by atoms with Crippen molar-refractivity contribution in [3.8, 4) is 0 Å². The SMILES string of the molecule is COC(=O)c1cc2c(s1)N=CC(=C1N(C)c3ccccc3C1(C)C)P2(=S)N1CCOCC1. The first-order valence-electron chi connectivity index (χ1n) is 10.6. The molecule has 168 valence electrons. The van der Waals surface area contributed by atoms with Crippen LogP contribution >= 0.6 is 17.5 Å². The van der Waals surface area contributed by atoms with Gasteiger partial charge in [0.05, 0.1) is 26.5 Å². The molecule has 0 aliphatic carbocycles. The Labute approximate surface area is 197 Å². The third-order valence-corrected chi connectivity index (χ3v) is 12.8. The average molecular weight is 488 g/mol. The molecule has 1 aromatic heterocycles. The first-order chi connectivity index (χ1) is 15.3. The third kappa shape index (κ3) is 3.08. The summed E-state index contributed by atoms with van der Waals surface area (Å²) >= 11 is 8.01. The number of ether oxygens (including phenoxy) is 2. The summed E-state index contributed by atoms with van der Waals surface area (Å²) < 4.78 is 13.0. The number of carbonyl (C=O) groups excluding carboxylic acids is 1. The van der Waals surface area contributed by atoms with Crippen LogP contribution in [0.25, 0.3) is 0 Å². The first-order valence-corrected chi connectivity index (χ1v) is 14.2. The predicted molar refractivity (Wildman–Crippen MR) is 135 cm³/mol. The molecular formula is C23H26N3O3PS2. The van der Waals surface area contributed by atoms with Crippen molar-refractivity contribution in [1.29, 1.82) is 0 Å². The van der Waals surface area contributed by atoms with Gasteiger partial charge in [-0.25, -0.2) is 9.79 Å². The van der Waals surface area contributed by atoms with Gasteiger partial charge in [-0.1, -0.05) is 43.9 Å². The van der Waals surface area contributed by atoms with Gasteiger partial charge in [-0.2, -0.15) is 0 Å². The van der Waals surface area contributed by atoms with E-state index >= 15 is 0 Å². The van der Waals surface area contributed by atoms with Gasteiger partial charge in [0.2, 0.25) is 0 Å². The molecule has 4 heterocycles. The van der Waals surface area contributed by atoms with Gasteiger partial charge in [0.15, 0.2) is 0 Å². The van der Waals surface area contributed by atoms with Crippen LogP contribution in [-0.2, 0) is 26.7 Å². The van der Waals surface area contributed by atoms with Gasteiger partial charge in [0, 0.05) is 53.8 Å². The maximum atomic E-state index is 12.3. The summed E-state index contributed by atoms with van der Waals surface area (Å²) in [5.74, 6) is -0.344. The molecule has 3 aliphatic rings. The van der Waals surface area contributed by atoms with Gasteiger partial charge in [-0.05, 0) is 17.7 Å². The van der Waals surface area contributed by atoms with Crippen LogP contribution in [0.5, 0.6) is 0 Å². The van der Waals surface area contributed by atoms with Crippen LogP contribution in [-0.4, -0.2) is 57.3 Å². The molecule has 0 spiro atoms. The number of thiophene rings is 1. The van der Waals surface area contributed by atoms with Crippen molar-refractivity contribution >= 4 is 57.5 Å². The lowest BCUT2D eigenvalue weighted by molar-refractivity contribution is 0.0606. The topological polar surface area (TPSA) is 54.4 Å². The molecule has 1 unspecified atom stereocenters. The number of allylic oxidation sites excluding steroid dienone is 2. The van der Waals surface area contributed by atoms with Gasteiger partial charge < -0.3 is 14.4 Å². The van der Waals surface area contributed by atoms with Crippen molar-refractivity contribution in [3.63, 3.8) is 0 Å². The predicted octanol–water partition coefficient (Wildman–Crippen LogP) is 4.24. The molecule has 32 heavy (non-hydrogen) atoms. The number of fused-ring (bicyclic) bond motifs is 2.